The second kappa shape index (κ2) is 8.46. The Labute approximate surface area is 154 Å². The van der Waals surface area contributed by atoms with E-state index in [1.165, 1.54) is 35.7 Å². The van der Waals surface area contributed by atoms with Crippen LogP contribution in [-0.4, -0.2) is 76.0 Å². The molecule has 1 aromatic carbocycles. The molecule has 140 valence electrons. The van der Waals surface area contributed by atoms with Gasteiger partial charge in [-0.25, -0.2) is 13.2 Å². The lowest BCUT2D eigenvalue weighted by atomic mass is 10.2. The molecule has 2 aliphatic rings. The zero-order valence-corrected chi connectivity index (χ0v) is 15.8. The third-order valence-electron chi connectivity index (χ3n) is 4.74. The summed E-state index contributed by atoms with van der Waals surface area (Å²) in [5.74, 6) is -0.474. The summed E-state index contributed by atoms with van der Waals surface area (Å²) in [7, 11) is -2.22. The molecule has 2 fully saturated rings. The zero-order valence-electron chi connectivity index (χ0n) is 14.2. The first-order chi connectivity index (χ1) is 11.5. The molecule has 1 atom stereocenters. The molecule has 9 heteroatoms. The van der Waals surface area contributed by atoms with Crippen molar-refractivity contribution in [2.45, 2.75) is 17.4 Å². The second-order valence-corrected chi connectivity index (χ2v) is 8.04. The molecule has 3 rings (SSSR count). The second-order valence-electron chi connectivity index (χ2n) is 6.10. The lowest BCUT2D eigenvalue weighted by molar-refractivity contribution is 0.0600. The number of methoxy groups -OCH3 is 1. The Balaban J connectivity index is 0.00000225. The highest BCUT2D eigenvalue weighted by Gasteiger charge is 2.31. The molecule has 1 N–H and O–H groups in total. The van der Waals surface area contributed by atoms with Gasteiger partial charge in [-0.2, -0.15) is 4.31 Å². The molecular formula is C16H24ClN3O4S. The summed E-state index contributed by atoms with van der Waals surface area (Å²) >= 11 is 0. The van der Waals surface area contributed by atoms with Crippen LogP contribution in [0, 0.1) is 0 Å². The van der Waals surface area contributed by atoms with Crippen molar-refractivity contribution in [3.8, 4) is 0 Å². The number of carbonyl (C=O) groups is 1. The Bertz CT molecular complexity index is 682. The number of rotatable bonds is 4. The number of carbonyl (C=O) groups excluding carboxylic acids is 1. The van der Waals surface area contributed by atoms with Gasteiger partial charge in [0.05, 0.1) is 17.6 Å². The maximum atomic E-state index is 12.7. The van der Waals surface area contributed by atoms with Gasteiger partial charge in [-0.15, -0.1) is 12.4 Å². The lowest BCUT2D eigenvalue weighted by Crippen LogP contribution is -2.52. The summed E-state index contributed by atoms with van der Waals surface area (Å²) in [5.41, 5.74) is 0.343. The predicted molar refractivity (Wildman–Crippen MR) is 96.6 cm³/mol. The minimum Gasteiger partial charge on any atom is -0.465 e. The van der Waals surface area contributed by atoms with E-state index in [1.807, 2.05) is 0 Å². The highest BCUT2D eigenvalue weighted by atomic mass is 35.5. The lowest BCUT2D eigenvalue weighted by Gasteiger charge is -2.37. The van der Waals surface area contributed by atoms with Crippen LogP contribution in [-0.2, 0) is 14.8 Å². The monoisotopic (exact) mass is 389 g/mol. The number of piperazine rings is 1. The predicted octanol–water partition coefficient (Wildman–Crippen LogP) is 0.563. The van der Waals surface area contributed by atoms with Crippen LogP contribution < -0.4 is 5.32 Å². The van der Waals surface area contributed by atoms with Crippen molar-refractivity contribution >= 4 is 28.4 Å². The van der Waals surface area contributed by atoms with Crippen molar-refractivity contribution in [2.24, 2.45) is 0 Å². The van der Waals surface area contributed by atoms with Crippen molar-refractivity contribution in [2.75, 3.05) is 46.4 Å². The first-order valence-electron chi connectivity index (χ1n) is 8.15. The zero-order chi connectivity index (χ0) is 17.2. The molecule has 1 unspecified atom stereocenters. The van der Waals surface area contributed by atoms with E-state index in [4.69, 9.17) is 0 Å². The van der Waals surface area contributed by atoms with E-state index in [9.17, 15) is 13.2 Å². The number of esters is 1. The Morgan fingerprint density at radius 3 is 2.32 bits per heavy atom. The topological polar surface area (TPSA) is 79.0 Å². The number of nitrogens with one attached hydrogen (secondary N) is 1. The first-order valence-corrected chi connectivity index (χ1v) is 9.59. The maximum absolute atomic E-state index is 12.7. The quantitative estimate of drug-likeness (QED) is 0.758. The van der Waals surface area contributed by atoms with Crippen LogP contribution in [0.3, 0.4) is 0 Å². The number of sulfonamides is 1. The van der Waals surface area contributed by atoms with Gasteiger partial charge in [0.25, 0.3) is 0 Å². The van der Waals surface area contributed by atoms with Crippen molar-refractivity contribution in [3.63, 3.8) is 0 Å². The summed E-state index contributed by atoms with van der Waals surface area (Å²) in [6.45, 7) is 4.53. The van der Waals surface area contributed by atoms with Crippen molar-refractivity contribution in [1.82, 2.24) is 14.5 Å². The highest BCUT2D eigenvalue weighted by molar-refractivity contribution is 7.89. The van der Waals surface area contributed by atoms with Gasteiger partial charge in [0.15, 0.2) is 0 Å². The van der Waals surface area contributed by atoms with Gasteiger partial charge in [0, 0.05) is 38.8 Å². The molecule has 2 heterocycles. The van der Waals surface area contributed by atoms with Crippen LogP contribution in [0.1, 0.15) is 16.8 Å². The van der Waals surface area contributed by atoms with Crippen LogP contribution in [0.2, 0.25) is 0 Å². The number of ether oxygens (including phenoxy) is 1. The summed E-state index contributed by atoms with van der Waals surface area (Å²) in [6, 6.07) is 6.43. The molecule has 0 saturated carbocycles. The molecule has 0 spiro atoms. The van der Waals surface area contributed by atoms with Crippen molar-refractivity contribution in [3.05, 3.63) is 29.8 Å². The molecule has 2 aliphatic heterocycles. The Morgan fingerprint density at radius 2 is 1.80 bits per heavy atom. The van der Waals surface area contributed by atoms with E-state index < -0.39 is 16.0 Å². The minimum atomic E-state index is -3.52. The van der Waals surface area contributed by atoms with Crippen molar-refractivity contribution in [1.29, 1.82) is 0 Å². The number of benzene rings is 1. The van der Waals surface area contributed by atoms with Gasteiger partial charge >= 0.3 is 5.97 Å². The minimum absolute atomic E-state index is 0. The standard InChI is InChI=1S/C16H23N3O4S.ClH/c1-23-16(20)13-2-4-15(5-3-13)24(21,22)19-10-8-18(9-11-19)14-6-7-17-12-14;/h2-5,14,17H,6-12H2,1H3;1H. The van der Waals surface area contributed by atoms with Gasteiger partial charge in [-0.3, -0.25) is 4.90 Å². The molecule has 7 nitrogen and oxygen atoms in total. The van der Waals surface area contributed by atoms with Crippen LogP contribution in [0.15, 0.2) is 29.2 Å². The number of hydrogen-bond donors (Lipinski definition) is 1. The van der Waals surface area contributed by atoms with E-state index in [0.29, 0.717) is 24.7 Å². The maximum Gasteiger partial charge on any atom is 0.337 e. The van der Waals surface area contributed by atoms with Crippen LogP contribution in [0.5, 0.6) is 0 Å². The molecule has 1 aromatic rings. The van der Waals surface area contributed by atoms with Crippen LogP contribution in [0.25, 0.3) is 0 Å². The average Bonchev–Trinajstić information content (AvgIpc) is 3.16. The van der Waals surface area contributed by atoms with Gasteiger partial charge < -0.3 is 10.1 Å². The third kappa shape index (κ3) is 4.32. The molecule has 0 aromatic heterocycles. The first kappa shape index (κ1) is 20.1. The largest absolute Gasteiger partial charge is 0.465 e. The fourth-order valence-electron chi connectivity index (χ4n) is 3.29. The molecule has 0 aliphatic carbocycles. The number of halogens is 1. The molecule has 0 bridgehead atoms. The fraction of sp³-hybridized carbons (Fsp3) is 0.562. The van der Waals surface area contributed by atoms with E-state index in [-0.39, 0.29) is 17.3 Å². The van der Waals surface area contributed by atoms with Gasteiger partial charge in [-0.05, 0) is 37.2 Å². The van der Waals surface area contributed by atoms with Gasteiger partial charge in [0.1, 0.15) is 0 Å². The SMILES string of the molecule is COC(=O)c1ccc(S(=O)(=O)N2CCN(C3CCNC3)CC2)cc1.Cl. The Morgan fingerprint density at radius 1 is 1.16 bits per heavy atom. The molecular weight excluding hydrogens is 366 g/mol. The van der Waals surface area contributed by atoms with E-state index in [2.05, 4.69) is 15.0 Å². The number of hydrogen-bond acceptors (Lipinski definition) is 6. The van der Waals surface area contributed by atoms with E-state index in [0.717, 1.165) is 32.6 Å². The summed E-state index contributed by atoms with van der Waals surface area (Å²) in [6.07, 6.45) is 1.13. The van der Waals surface area contributed by atoms with E-state index in [1.54, 1.807) is 0 Å². The summed E-state index contributed by atoms with van der Waals surface area (Å²) in [4.78, 5) is 14.0. The molecule has 0 radical (unpaired) electrons. The number of nitrogens with zero attached hydrogens (tertiary/aromatic N) is 2. The fourth-order valence-corrected chi connectivity index (χ4v) is 4.71. The van der Waals surface area contributed by atoms with Gasteiger partial charge in [-0.1, -0.05) is 0 Å². The van der Waals surface area contributed by atoms with E-state index >= 15 is 0 Å². The average molecular weight is 390 g/mol. The Hall–Kier alpha value is -1.19. The van der Waals surface area contributed by atoms with Crippen LogP contribution >= 0.6 is 12.4 Å². The molecule has 2 saturated heterocycles. The van der Waals surface area contributed by atoms with Crippen molar-refractivity contribution < 1.29 is 17.9 Å². The molecule has 25 heavy (non-hydrogen) atoms. The third-order valence-corrected chi connectivity index (χ3v) is 6.65. The normalized spacial score (nSPS) is 22.4. The van der Waals surface area contributed by atoms with Gasteiger partial charge in [0.2, 0.25) is 10.0 Å². The smallest absolute Gasteiger partial charge is 0.337 e. The Kier molecular flexibility index (Phi) is 6.81. The molecule has 0 amide bonds. The van der Waals surface area contributed by atoms with Crippen LogP contribution in [0.4, 0.5) is 0 Å². The summed E-state index contributed by atoms with van der Waals surface area (Å²) < 4.78 is 31.6. The summed E-state index contributed by atoms with van der Waals surface area (Å²) in [5, 5.41) is 3.34. The highest BCUT2D eigenvalue weighted by Crippen LogP contribution is 2.20.